The van der Waals surface area contributed by atoms with Crippen molar-refractivity contribution in [3.8, 4) is 0 Å². The monoisotopic (exact) mass is 288 g/mol. The molecule has 94 valence electrons. The van der Waals surface area contributed by atoms with E-state index in [-0.39, 0.29) is 15.7 Å². The molecule has 0 aliphatic rings. The molecule has 0 heterocycles. The van der Waals surface area contributed by atoms with Crippen molar-refractivity contribution in [2.75, 3.05) is 11.1 Å². The number of benzene rings is 2. The standard InChI is InChI=1S/C12H8Cl2F2N2/c13-6-1-7(15)3-8(2-6)18-12-5-10(16)9(14)4-11(12)17/h1-5,18H,17H2. The molecule has 2 aromatic carbocycles. The van der Waals surface area contributed by atoms with E-state index in [4.69, 9.17) is 28.9 Å². The van der Waals surface area contributed by atoms with Gasteiger partial charge in [0.05, 0.1) is 16.4 Å². The van der Waals surface area contributed by atoms with Crippen molar-refractivity contribution in [2.45, 2.75) is 0 Å². The van der Waals surface area contributed by atoms with Gasteiger partial charge in [-0.05, 0) is 24.3 Å². The Morgan fingerprint density at radius 3 is 2.39 bits per heavy atom. The van der Waals surface area contributed by atoms with E-state index in [9.17, 15) is 8.78 Å². The fourth-order valence-corrected chi connectivity index (χ4v) is 1.85. The molecule has 0 atom stereocenters. The molecule has 0 aromatic heterocycles. The van der Waals surface area contributed by atoms with E-state index in [0.717, 1.165) is 6.07 Å². The predicted octanol–water partition coefficient (Wildman–Crippen LogP) is 4.60. The van der Waals surface area contributed by atoms with Gasteiger partial charge in [0.2, 0.25) is 0 Å². The Balaban J connectivity index is 2.36. The van der Waals surface area contributed by atoms with Crippen LogP contribution in [0.4, 0.5) is 25.8 Å². The lowest BCUT2D eigenvalue weighted by molar-refractivity contribution is 0.628. The molecule has 0 spiro atoms. The van der Waals surface area contributed by atoms with Gasteiger partial charge < -0.3 is 11.1 Å². The molecule has 2 aromatic rings. The van der Waals surface area contributed by atoms with Crippen LogP contribution < -0.4 is 11.1 Å². The van der Waals surface area contributed by atoms with Crippen LogP contribution in [0.5, 0.6) is 0 Å². The Hall–Kier alpha value is -1.52. The molecule has 2 rings (SSSR count). The molecule has 3 N–H and O–H groups in total. The fraction of sp³-hybridized carbons (Fsp3) is 0. The molecular formula is C12H8Cl2F2N2. The highest BCUT2D eigenvalue weighted by Crippen LogP contribution is 2.29. The van der Waals surface area contributed by atoms with Crippen molar-refractivity contribution in [1.29, 1.82) is 0 Å². The Bertz CT molecular complexity index is 583. The van der Waals surface area contributed by atoms with Crippen LogP contribution in [0.2, 0.25) is 10.0 Å². The third-order valence-corrected chi connectivity index (χ3v) is 2.74. The smallest absolute Gasteiger partial charge is 0.144 e. The maximum atomic E-state index is 13.3. The summed E-state index contributed by atoms with van der Waals surface area (Å²) in [5, 5.41) is 2.93. The molecule has 18 heavy (non-hydrogen) atoms. The Morgan fingerprint density at radius 1 is 1.00 bits per heavy atom. The first-order valence-electron chi connectivity index (χ1n) is 4.93. The predicted molar refractivity (Wildman–Crippen MR) is 70.5 cm³/mol. The van der Waals surface area contributed by atoms with Gasteiger partial charge in [-0.25, -0.2) is 8.78 Å². The zero-order chi connectivity index (χ0) is 13.3. The van der Waals surface area contributed by atoms with Crippen molar-refractivity contribution in [1.82, 2.24) is 0 Å². The second-order valence-electron chi connectivity index (χ2n) is 3.64. The highest BCUT2D eigenvalue weighted by molar-refractivity contribution is 6.31. The summed E-state index contributed by atoms with van der Waals surface area (Å²) >= 11 is 11.3. The molecule has 0 fully saturated rings. The third kappa shape index (κ3) is 2.83. The zero-order valence-electron chi connectivity index (χ0n) is 8.98. The van der Waals surface area contributed by atoms with Crippen LogP contribution in [0.1, 0.15) is 0 Å². The van der Waals surface area contributed by atoms with Crippen LogP contribution >= 0.6 is 23.2 Å². The minimum Gasteiger partial charge on any atom is -0.397 e. The zero-order valence-corrected chi connectivity index (χ0v) is 10.5. The number of nitrogen functional groups attached to an aromatic ring is 1. The lowest BCUT2D eigenvalue weighted by Crippen LogP contribution is -1.98. The summed E-state index contributed by atoms with van der Waals surface area (Å²) in [4.78, 5) is 0. The quantitative estimate of drug-likeness (QED) is 0.793. The Labute approximate surface area is 112 Å². The number of hydrogen-bond acceptors (Lipinski definition) is 2. The highest BCUT2D eigenvalue weighted by Gasteiger charge is 2.07. The number of nitrogens with two attached hydrogens (primary N) is 1. The molecule has 0 aliphatic carbocycles. The van der Waals surface area contributed by atoms with E-state index in [1.807, 2.05) is 0 Å². The van der Waals surface area contributed by atoms with E-state index in [2.05, 4.69) is 5.32 Å². The van der Waals surface area contributed by atoms with Crippen LogP contribution in [0.25, 0.3) is 0 Å². The summed E-state index contributed by atoms with van der Waals surface area (Å²) in [7, 11) is 0. The van der Waals surface area contributed by atoms with Gasteiger partial charge in [-0.1, -0.05) is 23.2 Å². The molecule has 0 aliphatic heterocycles. The topological polar surface area (TPSA) is 38.0 Å². The van der Waals surface area contributed by atoms with Gasteiger partial charge in [-0.2, -0.15) is 0 Å². The van der Waals surface area contributed by atoms with Gasteiger partial charge in [0, 0.05) is 16.8 Å². The highest BCUT2D eigenvalue weighted by atomic mass is 35.5. The average Bonchev–Trinajstić information content (AvgIpc) is 2.24. The fourth-order valence-electron chi connectivity index (χ4n) is 1.45. The van der Waals surface area contributed by atoms with E-state index < -0.39 is 11.6 Å². The Morgan fingerprint density at radius 2 is 1.72 bits per heavy atom. The van der Waals surface area contributed by atoms with Crippen LogP contribution in [0.15, 0.2) is 30.3 Å². The summed E-state index contributed by atoms with van der Waals surface area (Å²) in [5.41, 5.74) is 6.58. The molecular weight excluding hydrogens is 281 g/mol. The van der Waals surface area contributed by atoms with Crippen molar-refractivity contribution in [3.05, 3.63) is 52.0 Å². The normalized spacial score (nSPS) is 10.4. The second kappa shape index (κ2) is 5.00. The van der Waals surface area contributed by atoms with Gasteiger partial charge in [0.1, 0.15) is 11.6 Å². The lowest BCUT2D eigenvalue weighted by Gasteiger charge is -2.10. The van der Waals surface area contributed by atoms with E-state index >= 15 is 0 Å². The van der Waals surface area contributed by atoms with Crippen molar-refractivity contribution in [2.24, 2.45) is 0 Å². The molecule has 0 unspecified atom stereocenters. The summed E-state index contributed by atoms with van der Waals surface area (Å²) in [6, 6.07) is 6.30. The van der Waals surface area contributed by atoms with Gasteiger partial charge in [-0.15, -0.1) is 0 Å². The molecule has 0 bridgehead atoms. The first kappa shape index (κ1) is 12.9. The van der Waals surface area contributed by atoms with Crippen molar-refractivity contribution < 1.29 is 8.78 Å². The maximum Gasteiger partial charge on any atom is 0.144 e. The second-order valence-corrected chi connectivity index (χ2v) is 4.48. The van der Waals surface area contributed by atoms with Crippen molar-refractivity contribution in [3.63, 3.8) is 0 Å². The minimum atomic E-state index is -0.615. The molecule has 0 amide bonds. The number of hydrogen-bond donors (Lipinski definition) is 2. The molecule has 2 nitrogen and oxygen atoms in total. The number of nitrogens with one attached hydrogen (secondary N) is 1. The van der Waals surface area contributed by atoms with E-state index in [1.165, 1.54) is 24.3 Å². The van der Waals surface area contributed by atoms with Crippen LogP contribution in [0, 0.1) is 11.6 Å². The molecule has 6 heteroatoms. The van der Waals surface area contributed by atoms with Gasteiger partial charge in [0.15, 0.2) is 0 Å². The SMILES string of the molecule is Nc1cc(Cl)c(F)cc1Nc1cc(F)cc(Cl)c1. The Kier molecular flexibility index (Phi) is 3.59. The van der Waals surface area contributed by atoms with Crippen LogP contribution in [-0.4, -0.2) is 0 Å². The average molecular weight is 289 g/mol. The van der Waals surface area contributed by atoms with Crippen LogP contribution in [-0.2, 0) is 0 Å². The van der Waals surface area contributed by atoms with Gasteiger partial charge >= 0.3 is 0 Å². The lowest BCUT2D eigenvalue weighted by atomic mass is 10.2. The van der Waals surface area contributed by atoms with Crippen molar-refractivity contribution >= 4 is 40.3 Å². The first-order chi connectivity index (χ1) is 8.45. The minimum absolute atomic E-state index is 0.0738. The van der Waals surface area contributed by atoms with Gasteiger partial charge in [0.25, 0.3) is 0 Å². The summed E-state index contributed by atoms with van der Waals surface area (Å²) in [5.74, 6) is -1.12. The van der Waals surface area contributed by atoms with E-state index in [0.29, 0.717) is 11.4 Å². The largest absolute Gasteiger partial charge is 0.397 e. The van der Waals surface area contributed by atoms with E-state index in [1.54, 1.807) is 0 Å². The van der Waals surface area contributed by atoms with Gasteiger partial charge in [-0.3, -0.25) is 0 Å². The maximum absolute atomic E-state index is 13.3. The number of rotatable bonds is 2. The summed E-state index contributed by atoms with van der Waals surface area (Å²) in [6.45, 7) is 0. The number of halogens is 4. The summed E-state index contributed by atoms with van der Waals surface area (Å²) in [6.07, 6.45) is 0. The molecule has 0 saturated carbocycles. The van der Waals surface area contributed by atoms with Crippen LogP contribution in [0.3, 0.4) is 0 Å². The third-order valence-electron chi connectivity index (χ3n) is 2.23. The number of anilines is 3. The molecule has 0 radical (unpaired) electrons. The summed E-state index contributed by atoms with van der Waals surface area (Å²) < 4.78 is 26.4. The molecule has 0 saturated heterocycles. The first-order valence-corrected chi connectivity index (χ1v) is 5.69.